The number of benzene rings is 1. The predicted molar refractivity (Wildman–Crippen MR) is 58.4 cm³/mol. The van der Waals surface area contributed by atoms with Crippen LogP contribution in [-0.4, -0.2) is 23.3 Å². The number of carboxylic acid groups (broad SMARTS) is 1. The van der Waals surface area contributed by atoms with Crippen molar-refractivity contribution in [3.05, 3.63) is 23.5 Å². The highest BCUT2D eigenvalue weighted by atomic mass is 19.1. The fourth-order valence-corrected chi connectivity index (χ4v) is 1.49. The number of hydrogen-bond acceptors (Lipinski definition) is 4. The fraction of sp³-hybridized carbons (Fsp3) is 0.364. The molecule has 0 amide bonds. The van der Waals surface area contributed by atoms with Crippen molar-refractivity contribution in [2.45, 2.75) is 18.9 Å². The van der Waals surface area contributed by atoms with Crippen LogP contribution in [-0.2, 0) is 4.79 Å². The first kappa shape index (κ1) is 13.2. The normalized spacial score (nSPS) is 12.2. The van der Waals surface area contributed by atoms with Crippen molar-refractivity contribution >= 4 is 5.97 Å². The Morgan fingerprint density at radius 1 is 1.59 bits per heavy atom. The van der Waals surface area contributed by atoms with Gasteiger partial charge in [-0.3, -0.25) is 4.79 Å². The van der Waals surface area contributed by atoms with Gasteiger partial charge in [-0.25, -0.2) is 0 Å². The molecule has 6 heteroatoms. The van der Waals surface area contributed by atoms with E-state index >= 15 is 0 Å². The molecule has 0 aliphatic carbocycles. The monoisotopic (exact) mass is 243 g/mol. The number of methoxy groups -OCH3 is 1. The van der Waals surface area contributed by atoms with Gasteiger partial charge < -0.3 is 20.7 Å². The SMILES string of the molecule is COc1c(C(N)CCC(=O)O)ccc(O)c1F. The van der Waals surface area contributed by atoms with Crippen molar-refractivity contribution in [2.24, 2.45) is 5.73 Å². The molecule has 4 N–H and O–H groups in total. The largest absolute Gasteiger partial charge is 0.505 e. The summed E-state index contributed by atoms with van der Waals surface area (Å²) in [4.78, 5) is 10.4. The molecule has 1 atom stereocenters. The van der Waals surface area contributed by atoms with Gasteiger partial charge in [-0.2, -0.15) is 4.39 Å². The Morgan fingerprint density at radius 2 is 2.24 bits per heavy atom. The molecule has 0 spiro atoms. The minimum atomic E-state index is -0.973. The van der Waals surface area contributed by atoms with E-state index in [0.717, 1.165) is 6.07 Å². The second-order valence-electron chi connectivity index (χ2n) is 3.56. The molecule has 0 aliphatic heterocycles. The Kier molecular flexibility index (Phi) is 4.28. The molecule has 0 saturated carbocycles. The summed E-state index contributed by atoms with van der Waals surface area (Å²) >= 11 is 0. The van der Waals surface area contributed by atoms with Crippen LogP contribution in [0.2, 0.25) is 0 Å². The van der Waals surface area contributed by atoms with Gasteiger partial charge in [0.25, 0.3) is 0 Å². The van der Waals surface area contributed by atoms with Gasteiger partial charge in [0.1, 0.15) is 0 Å². The van der Waals surface area contributed by atoms with Crippen molar-refractivity contribution in [3.8, 4) is 11.5 Å². The van der Waals surface area contributed by atoms with E-state index in [2.05, 4.69) is 0 Å². The molecule has 94 valence electrons. The Morgan fingerprint density at radius 3 is 2.76 bits per heavy atom. The number of ether oxygens (including phenoxy) is 1. The first-order chi connectivity index (χ1) is 7.97. The zero-order chi connectivity index (χ0) is 13.0. The third-order valence-corrected chi connectivity index (χ3v) is 2.38. The maximum Gasteiger partial charge on any atom is 0.303 e. The van der Waals surface area contributed by atoms with Crippen LogP contribution < -0.4 is 10.5 Å². The van der Waals surface area contributed by atoms with Crippen molar-refractivity contribution in [3.63, 3.8) is 0 Å². The molecule has 1 aromatic carbocycles. The minimum absolute atomic E-state index is 0.118. The number of phenolic OH excluding ortho intramolecular Hbond substituents is 1. The van der Waals surface area contributed by atoms with Crippen molar-refractivity contribution in [1.82, 2.24) is 0 Å². The maximum absolute atomic E-state index is 13.5. The molecular weight excluding hydrogens is 229 g/mol. The summed E-state index contributed by atoms with van der Waals surface area (Å²) in [6.45, 7) is 0. The molecule has 0 aliphatic rings. The molecule has 5 nitrogen and oxygen atoms in total. The third kappa shape index (κ3) is 3.07. The van der Waals surface area contributed by atoms with E-state index in [-0.39, 0.29) is 18.6 Å². The molecule has 0 saturated heterocycles. The number of hydrogen-bond donors (Lipinski definition) is 3. The second-order valence-corrected chi connectivity index (χ2v) is 3.56. The van der Waals surface area contributed by atoms with Crippen LogP contribution in [0.4, 0.5) is 4.39 Å². The molecule has 0 heterocycles. The number of nitrogens with two attached hydrogens (primary N) is 1. The van der Waals surface area contributed by atoms with E-state index in [1.165, 1.54) is 13.2 Å². The van der Waals surface area contributed by atoms with E-state index in [0.29, 0.717) is 5.56 Å². The predicted octanol–water partition coefficient (Wildman–Crippen LogP) is 1.40. The molecule has 17 heavy (non-hydrogen) atoms. The summed E-state index contributed by atoms with van der Waals surface area (Å²) in [5, 5.41) is 17.7. The molecule has 1 aromatic rings. The summed E-state index contributed by atoms with van der Waals surface area (Å²) < 4.78 is 18.3. The minimum Gasteiger partial charge on any atom is -0.505 e. The van der Waals surface area contributed by atoms with Crippen LogP contribution in [0.1, 0.15) is 24.4 Å². The molecule has 0 aromatic heterocycles. The van der Waals surface area contributed by atoms with Gasteiger partial charge in [-0.1, -0.05) is 0 Å². The van der Waals surface area contributed by atoms with Gasteiger partial charge in [-0.15, -0.1) is 0 Å². The van der Waals surface area contributed by atoms with Crippen LogP contribution in [0.5, 0.6) is 11.5 Å². The summed E-state index contributed by atoms with van der Waals surface area (Å²) in [7, 11) is 1.26. The van der Waals surface area contributed by atoms with Crippen molar-refractivity contribution in [1.29, 1.82) is 0 Å². The highest BCUT2D eigenvalue weighted by Crippen LogP contribution is 2.33. The quantitative estimate of drug-likeness (QED) is 0.727. The van der Waals surface area contributed by atoms with Crippen LogP contribution in [0.15, 0.2) is 12.1 Å². The first-order valence-electron chi connectivity index (χ1n) is 5.00. The molecule has 1 unspecified atom stereocenters. The van der Waals surface area contributed by atoms with Gasteiger partial charge in [0.15, 0.2) is 11.5 Å². The van der Waals surface area contributed by atoms with Crippen LogP contribution in [0, 0.1) is 5.82 Å². The topological polar surface area (TPSA) is 92.8 Å². The smallest absolute Gasteiger partial charge is 0.303 e. The summed E-state index contributed by atoms with van der Waals surface area (Å²) in [5.74, 6) is -2.55. The highest BCUT2D eigenvalue weighted by Gasteiger charge is 2.19. The van der Waals surface area contributed by atoms with Crippen LogP contribution >= 0.6 is 0 Å². The molecule has 1 rings (SSSR count). The third-order valence-electron chi connectivity index (χ3n) is 2.38. The number of phenols is 1. The Balaban J connectivity index is 2.97. The molecule has 0 bridgehead atoms. The number of aliphatic carboxylic acids is 1. The van der Waals surface area contributed by atoms with E-state index in [9.17, 15) is 9.18 Å². The van der Waals surface area contributed by atoms with Gasteiger partial charge in [0, 0.05) is 18.0 Å². The number of halogens is 1. The average molecular weight is 243 g/mol. The van der Waals surface area contributed by atoms with Crippen LogP contribution in [0.3, 0.4) is 0 Å². The number of aromatic hydroxyl groups is 1. The average Bonchev–Trinajstić information content (AvgIpc) is 2.29. The van der Waals surface area contributed by atoms with E-state index in [1.54, 1.807) is 0 Å². The van der Waals surface area contributed by atoms with E-state index in [4.69, 9.17) is 20.7 Å². The number of carbonyl (C=O) groups is 1. The van der Waals surface area contributed by atoms with Gasteiger partial charge in [-0.05, 0) is 18.6 Å². The zero-order valence-corrected chi connectivity index (χ0v) is 9.31. The Hall–Kier alpha value is -1.82. The summed E-state index contributed by atoms with van der Waals surface area (Å²) in [5.41, 5.74) is 6.08. The Bertz CT molecular complexity index is 422. The molecule has 0 fully saturated rings. The van der Waals surface area contributed by atoms with Gasteiger partial charge in [0.2, 0.25) is 5.82 Å². The van der Waals surface area contributed by atoms with Crippen molar-refractivity contribution in [2.75, 3.05) is 7.11 Å². The van der Waals surface area contributed by atoms with Crippen molar-refractivity contribution < 1.29 is 24.1 Å². The number of carboxylic acids is 1. The second kappa shape index (κ2) is 5.49. The molecular formula is C11H14FNO4. The standard InChI is InChI=1S/C11H14FNO4/c1-17-11-6(2-4-8(14)10(11)12)7(13)3-5-9(15)16/h2,4,7,14H,3,5,13H2,1H3,(H,15,16). The van der Waals surface area contributed by atoms with Gasteiger partial charge in [0.05, 0.1) is 7.11 Å². The molecule has 0 radical (unpaired) electrons. The van der Waals surface area contributed by atoms with E-state index < -0.39 is 23.6 Å². The zero-order valence-electron chi connectivity index (χ0n) is 9.31. The lowest BCUT2D eigenvalue weighted by Crippen LogP contribution is -2.14. The van der Waals surface area contributed by atoms with Crippen LogP contribution in [0.25, 0.3) is 0 Å². The van der Waals surface area contributed by atoms with Gasteiger partial charge >= 0.3 is 5.97 Å². The Labute approximate surface area is 97.6 Å². The lowest BCUT2D eigenvalue weighted by molar-refractivity contribution is -0.137. The lowest BCUT2D eigenvalue weighted by Gasteiger charge is -2.15. The first-order valence-corrected chi connectivity index (χ1v) is 5.00. The summed E-state index contributed by atoms with van der Waals surface area (Å²) in [6, 6.07) is 1.92. The maximum atomic E-state index is 13.5. The number of rotatable bonds is 5. The highest BCUT2D eigenvalue weighted by molar-refractivity contribution is 5.66. The summed E-state index contributed by atoms with van der Waals surface area (Å²) in [6.07, 6.45) is 0.0444. The lowest BCUT2D eigenvalue weighted by atomic mass is 10.0. The fourth-order valence-electron chi connectivity index (χ4n) is 1.49. The van der Waals surface area contributed by atoms with E-state index in [1.807, 2.05) is 0 Å².